The third-order valence-electron chi connectivity index (χ3n) is 5.13. The second kappa shape index (κ2) is 8.34. The average molecular weight is 369 g/mol. The summed E-state index contributed by atoms with van der Waals surface area (Å²) in [6.07, 6.45) is 0. The maximum atomic E-state index is 8.81. The number of nitrogens with zero attached hydrogens (tertiary/aromatic N) is 2. The Morgan fingerprint density at radius 3 is 2.92 bits per heavy atom. The van der Waals surface area contributed by atoms with E-state index >= 15 is 0 Å². The maximum absolute atomic E-state index is 8.81. The topological polar surface area (TPSA) is 35.9 Å². The van der Waals surface area contributed by atoms with Crippen LogP contribution in [0.15, 0.2) is 41.8 Å². The van der Waals surface area contributed by atoms with Crippen LogP contribution in [-0.4, -0.2) is 60.4 Å². The summed E-state index contributed by atoms with van der Waals surface area (Å²) in [5.74, 6) is 5.70. The molecule has 26 heavy (non-hydrogen) atoms. The fourth-order valence-corrected chi connectivity index (χ4v) is 4.76. The summed E-state index contributed by atoms with van der Waals surface area (Å²) in [4.78, 5) is 6.48. The van der Waals surface area contributed by atoms with Crippen LogP contribution in [0, 0.1) is 11.8 Å². The van der Waals surface area contributed by atoms with Gasteiger partial charge in [0.1, 0.15) is 6.61 Å². The second-order valence-electron chi connectivity index (χ2n) is 6.85. The lowest BCUT2D eigenvalue weighted by Gasteiger charge is -2.48. The van der Waals surface area contributed by atoms with Crippen molar-refractivity contribution < 1.29 is 9.84 Å². The van der Waals surface area contributed by atoms with E-state index in [1.165, 1.54) is 10.4 Å². The standard InChI is InChI=1S/C21H24N2O2S/c24-10-4-5-17-11-20(26-16-17)13-22-8-9-23-19(12-22)14-25-15-21(23)18-6-2-1-3-7-18/h1-3,6-7,11,16,19,21,24H,8-10,12-15H2/t19-,21-/m1/s1. The predicted molar refractivity (Wildman–Crippen MR) is 104 cm³/mol. The van der Waals surface area contributed by atoms with Crippen molar-refractivity contribution in [1.29, 1.82) is 0 Å². The van der Waals surface area contributed by atoms with Gasteiger partial charge in [-0.15, -0.1) is 11.3 Å². The van der Waals surface area contributed by atoms with E-state index in [1.807, 2.05) is 0 Å². The monoisotopic (exact) mass is 368 g/mol. The van der Waals surface area contributed by atoms with E-state index in [2.05, 4.69) is 63.4 Å². The molecule has 0 saturated carbocycles. The van der Waals surface area contributed by atoms with E-state index in [0.29, 0.717) is 12.1 Å². The highest BCUT2D eigenvalue weighted by atomic mass is 32.1. The molecule has 4 rings (SSSR count). The van der Waals surface area contributed by atoms with Crippen LogP contribution in [0.3, 0.4) is 0 Å². The molecule has 0 spiro atoms. The Kier molecular flexibility index (Phi) is 5.68. The summed E-state index contributed by atoms with van der Waals surface area (Å²) in [6.45, 7) is 5.68. The number of thiophene rings is 1. The van der Waals surface area contributed by atoms with Crippen LogP contribution in [0.1, 0.15) is 22.0 Å². The number of benzene rings is 1. The molecule has 1 N–H and O–H groups in total. The zero-order valence-electron chi connectivity index (χ0n) is 14.8. The molecule has 0 aliphatic carbocycles. The summed E-state index contributed by atoms with van der Waals surface area (Å²) in [5, 5.41) is 10.9. The first-order valence-electron chi connectivity index (χ1n) is 9.11. The van der Waals surface area contributed by atoms with Gasteiger partial charge in [0, 0.05) is 48.0 Å². The Bertz CT molecular complexity index is 780. The highest BCUT2D eigenvalue weighted by Gasteiger charge is 2.36. The van der Waals surface area contributed by atoms with Gasteiger partial charge in [-0.25, -0.2) is 0 Å². The van der Waals surface area contributed by atoms with E-state index in [4.69, 9.17) is 9.84 Å². The molecule has 5 heteroatoms. The number of fused-ring (bicyclic) bond motifs is 1. The van der Waals surface area contributed by atoms with Crippen LogP contribution in [0.2, 0.25) is 0 Å². The van der Waals surface area contributed by atoms with E-state index in [1.54, 1.807) is 11.3 Å². The highest BCUT2D eigenvalue weighted by Crippen LogP contribution is 2.30. The normalized spacial score (nSPS) is 23.9. The first-order valence-corrected chi connectivity index (χ1v) is 9.99. The highest BCUT2D eigenvalue weighted by molar-refractivity contribution is 7.10. The Morgan fingerprint density at radius 1 is 1.19 bits per heavy atom. The van der Waals surface area contributed by atoms with E-state index < -0.39 is 0 Å². The predicted octanol–water partition coefficient (Wildman–Crippen LogP) is 2.35. The largest absolute Gasteiger partial charge is 0.384 e. The van der Waals surface area contributed by atoms with Crippen molar-refractivity contribution >= 4 is 11.3 Å². The number of morpholine rings is 1. The van der Waals surface area contributed by atoms with Gasteiger partial charge in [0.2, 0.25) is 0 Å². The molecule has 2 aliphatic heterocycles. The molecule has 2 saturated heterocycles. The number of aliphatic hydroxyl groups is 1. The lowest BCUT2D eigenvalue weighted by atomic mass is 10.00. The van der Waals surface area contributed by atoms with Crippen LogP contribution in [0.4, 0.5) is 0 Å². The van der Waals surface area contributed by atoms with Gasteiger partial charge in [-0.05, 0) is 11.6 Å². The van der Waals surface area contributed by atoms with Crippen molar-refractivity contribution in [1.82, 2.24) is 9.80 Å². The fourth-order valence-electron chi connectivity index (χ4n) is 3.90. The number of aliphatic hydroxyl groups excluding tert-OH is 1. The molecular formula is C21H24N2O2S. The molecule has 0 bridgehead atoms. The van der Waals surface area contributed by atoms with Crippen molar-refractivity contribution in [3.05, 3.63) is 57.8 Å². The van der Waals surface area contributed by atoms with Gasteiger partial charge in [0.25, 0.3) is 0 Å². The molecule has 2 atom stereocenters. The lowest BCUT2D eigenvalue weighted by molar-refractivity contribution is -0.0834. The lowest BCUT2D eigenvalue weighted by Crippen LogP contribution is -2.58. The van der Waals surface area contributed by atoms with Crippen LogP contribution in [0.25, 0.3) is 0 Å². The van der Waals surface area contributed by atoms with Gasteiger partial charge < -0.3 is 9.84 Å². The summed E-state index contributed by atoms with van der Waals surface area (Å²) >= 11 is 1.75. The third kappa shape index (κ3) is 4.01. The van der Waals surface area contributed by atoms with Gasteiger partial charge in [0.05, 0.1) is 19.3 Å². The molecule has 0 unspecified atom stereocenters. The zero-order valence-corrected chi connectivity index (χ0v) is 15.6. The van der Waals surface area contributed by atoms with Gasteiger partial charge in [-0.1, -0.05) is 42.2 Å². The molecule has 0 radical (unpaired) electrons. The summed E-state index contributed by atoms with van der Waals surface area (Å²) in [7, 11) is 0. The van der Waals surface area contributed by atoms with Crippen molar-refractivity contribution in [2.75, 3.05) is 39.5 Å². The Labute approximate surface area is 159 Å². The van der Waals surface area contributed by atoms with Crippen LogP contribution >= 0.6 is 11.3 Å². The minimum absolute atomic E-state index is 0.0859. The van der Waals surface area contributed by atoms with Crippen molar-refractivity contribution in [3.63, 3.8) is 0 Å². The quantitative estimate of drug-likeness (QED) is 0.844. The smallest absolute Gasteiger partial charge is 0.104 e. The number of ether oxygens (including phenoxy) is 1. The fraction of sp³-hybridized carbons (Fsp3) is 0.429. The first kappa shape index (κ1) is 17.7. The number of rotatable bonds is 3. The third-order valence-corrected chi connectivity index (χ3v) is 6.05. The molecule has 3 heterocycles. The molecule has 1 aromatic carbocycles. The molecular weight excluding hydrogens is 344 g/mol. The second-order valence-corrected chi connectivity index (χ2v) is 7.85. The van der Waals surface area contributed by atoms with Gasteiger partial charge in [0.15, 0.2) is 0 Å². The van der Waals surface area contributed by atoms with Gasteiger partial charge in [-0.2, -0.15) is 0 Å². The van der Waals surface area contributed by atoms with Gasteiger partial charge in [-0.3, -0.25) is 9.80 Å². The Balaban J connectivity index is 1.39. The molecule has 4 nitrogen and oxygen atoms in total. The molecule has 2 aromatic rings. The number of hydrogen-bond donors (Lipinski definition) is 1. The minimum Gasteiger partial charge on any atom is -0.384 e. The zero-order chi connectivity index (χ0) is 17.8. The SMILES string of the molecule is OCC#Cc1csc(CN2CCN3[C@@H](COC[C@@H]3c3ccccc3)C2)c1. The van der Waals surface area contributed by atoms with Gasteiger partial charge >= 0.3 is 0 Å². The Morgan fingerprint density at radius 2 is 2.08 bits per heavy atom. The number of hydrogen-bond acceptors (Lipinski definition) is 5. The summed E-state index contributed by atoms with van der Waals surface area (Å²) in [6, 6.07) is 13.7. The maximum Gasteiger partial charge on any atom is 0.104 e. The van der Waals surface area contributed by atoms with E-state index in [0.717, 1.165) is 45.0 Å². The number of piperazine rings is 1. The van der Waals surface area contributed by atoms with Crippen molar-refractivity contribution in [3.8, 4) is 11.8 Å². The van der Waals surface area contributed by atoms with Crippen LogP contribution in [0.5, 0.6) is 0 Å². The first-order chi connectivity index (χ1) is 12.8. The van der Waals surface area contributed by atoms with Crippen molar-refractivity contribution in [2.45, 2.75) is 18.6 Å². The molecule has 2 fully saturated rings. The van der Waals surface area contributed by atoms with Crippen LogP contribution < -0.4 is 0 Å². The van der Waals surface area contributed by atoms with E-state index in [9.17, 15) is 0 Å². The molecule has 0 amide bonds. The van der Waals surface area contributed by atoms with E-state index in [-0.39, 0.29) is 6.61 Å². The van der Waals surface area contributed by atoms with Crippen LogP contribution in [-0.2, 0) is 11.3 Å². The molecule has 136 valence electrons. The molecule has 1 aromatic heterocycles. The summed E-state index contributed by atoms with van der Waals surface area (Å²) < 4.78 is 5.95. The molecule has 2 aliphatic rings. The average Bonchev–Trinajstić information content (AvgIpc) is 3.13. The Hall–Kier alpha value is -1.68. The summed E-state index contributed by atoms with van der Waals surface area (Å²) in [5.41, 5.74) is 2.36. The van der Waals surface area contributed by atoms with Crippen molar-refractivity contribution in [2.24, 2.45) is 0 Å². The minimum atomic E-state index is -0.0859.